The zero-order valence-corrected chi connectivity index (χ0v) is 29.9. The van der Waals surface area contributed by atoms with Crippen molar-refractivity contribution in [1.29, 1.82) is 5.26 Å². The van der Waals surface area contributed by atoms with Gasteiger partial charge in [-0.2, -0.15) is 5.26 Å². The van der Waals surface area contributed by atoms with Crippen molar-refractivity contribution in [2.24, 2.45) is 0 Å². The summed E-state index contributed by atoms with van der Waals surface area (Å²) in [6.45, 7) is 4.61. The first-order valence-electron chi connectivity index (χ1n) is 17.9. The summed E-state index contributed by atoms with van der Waals surface area (Å²) >= 11 is 1.83. The Bertz CT molecular complexity index is 3210. The molecule has 0 fully saturated rings. The van der Waals surface area contributed by atoms with E-state index in [0.29, 0.717) is 11.5 Å². The number of thiophene rings is 1. The molecule has 1 aliphatic rings. The fraction of sp³-hybridized carbons (Fsp3) is 0.0625. The number of hydrogen-bond acceptors (Lipinski definition) is 4. The average Bonchev–Trinajstić information content (AvgIpc) is 3.81. The number of nitrogens with zero attached hydrogens (tertiary/aromatic N) is 4. The summed E-state index contributed by atoms with van der Waals surface area (Å²) < 4.78 is 4.79. The second-order valence-electron chi connectivity index (χ2n) is 14.5. The second-order valence-corrected chi connectivity index (χ2v) is 15.6. The molecule has 3 heterocycles. The Balaban J connectivity index is 1.21. The van der Waals surface area contributed by atoms with Gasteiger partial charge in [0.05, 0.1) is 34.1 Å². The molecule has 1 aliphatic carbocycles. The van der Waals surface area contributed by atoms with Crippen LogP contribution in [0.3, 0.4) is 0 Å². The van der Waals surface area contributed by atoms with Crippen LogP contribution in [0.15, 0.2) is 146 Å². The molecule has 0 amide bonds. The second kappa shape index (κ2) is 10.9. The summed E-state index contributed by atoms with van der Waals surface area (Å²) in [6.07, 6.45) is 0. The molecular weight excluding hydrogens is 665 g/mol. The number of nitriles is 1. The van der Waals surface area contributed by atoms with E-state index in [1.165, 1.54) is 47.3 Å². The smallest absolute Gasteiger partial charge is 0.235 e. The van der Waals surface area contributed by atoms with Crippen LogP contribution < -0.4 is 0 Å². The Morgan fingerprint density at radius 3 is 2.08 bits per heavy atom. The van der Waals surface area contributed by atoms with Gasteiger partial charge in [-0.3, -0.25) is 4.57 Å². The van der Waals surface area contributed by atoms with Crippen LogP contribution in [-0.4, -0.2) is 14.5 Å². The Kier molecular flexibility index (Phi) is 6.21. The van der Waals surface area contributed by atoms with Gasteiger partial charge in [0.1, 0.15) is 0 Å². The minimum atomic E-state index is -0.382. The van der Waals surface area contributed by atoms with Gasteiger partial charge in [-0.15, -0.1) is 11.3 Å². The maximum Gasteiger partial charge on any atom is 0.235 e. The van der Waals surface area contributed by atoms with Crippen LogP contribution in [0.4, 0.5) is 0 Å². The molecule has 0 unspecified atom stereocenters. The number of rotatable bonds is 3. The Labute approximate surface area is 309 Å². The summed E-state index contributed by atoms with van der Waals surface area (Å²) in [7, 11) is 0. The van der Waals surface area contributed by atoms with Crippen molar-refractivity contribution in [2.45, 2.75) is 19.3 Å². The predicted molar refractivity (Wildman–Crippen MR) is 220 cm³/mol. The quantitative estimate of drug-likeness (QED) is 0.185. The standard InChI is InChI=1S/C48H30N4S/c1-48(2)39-24-32(29-17-15-28(27-49)16-18-29)19-22-37(39)46-44(48)45(33-20-21-36-35-12-6-8-14-42(35)53-43(36)26-33)50-47(51-46)52-40-13-7-5-11-34(40)38-23-30-9-3-4-10-31(30)25-41(38)52/h3-26H,1-2H3. The zero-order chi connectivity index (χ0) is 35.4. The summed E-state index contributed by atoms with van der Waals surface area (Å²) in [5.41, 5.74) is 11.1. The van der Waals surface area contributed by atoms with Crippen LogP contribution in [0.25, 0.3) is 92.3 Å². The lowest BCUT2D eigenvalue weighted by atomic mass is 9.80. The molecule has 0 atom stereocenters. The van der Waals surface area contributed by atoms with E-state index in [-0.39, 0.29) is 5.41 Å². The van der Waals surface area contributed by atoms with Crippen molar-refractivity contribution in [1.82, 2.24) is 14.5 Å². The third-order valence-corrected chi connectivity index (χ3v) is 12.3. The first-order valence-corrected chi connectivity index (χ1v) is 18.7. The fourth-order valence-corrected chi connectivity index (χ4v) is 9.75. The summed E-state index contributed by atoms with van der Waals surface area (Å²) in [5, 5.41) is 16.7. The number of hydrogen-bond donors (Lipinski definition) is 0. The molecule has 0 radical (unpaired) electrons. The molecule has 0 N–H and O–H groups in total. The molecule has 4 nitrogen and oxygen atoms in total. The Hall–Kier alpha value is -6.61. The van der Waals surface area contributed by atoms with Crippen molar-refractivity contribution in [3.63, 3.8) is 0 Å². The number of benzene rings is 7. The lowest BCUT2D eigenvalue weighted by molar-refractivity contribution is 0.657. The van der Waals surface area contributed by atoms with Crippen LogP contribution in [-0.2, 0) is 5.41 Å². The summed E-state index contributed by atoms with van der Waals surface area (Å²) in [4.78, 5) is 11.1. The van der Waals surface area contributed by atoms with Gasteiger partial charge in [0.2, 0.25) is 5.95 Å². The van der Waals surface area contributed by atoms with Gasteiger partial charge in [0.25, 0.3) is 0 Å². The number of aromatic nitrogens is 3. The van der Waals surface area contributed by atoms with Gasteiger partial charge in [0, 0.05) is 53.1 Å². The van der Waals surface area contributed by atoms with E-state index < -0.39 is 0 Å². The maximum absolute atomic E-state index is 9.40. The van der Waals surface area contributed by atoms with Crippen molar-refractivity contribution in [3.8, 4) is 45.7 Å². The van der Waals surface area contributed by atoms with Crippen molar-refractivity contribution in [3.05, 3.63) is 162 Å². The van der Waals surface area contributed by atoms with Crippen LogP contribution in [0.1, 0.15) is 30.5 Å². The molecule has 248 valence electrons. The summed E-state index contributed by atoms with van der Waals surface area (Å²) in [5.74, 6) is 0.663. The SMILES string of the molecule is CC1(C)c2cc(-c3ccc(C#N)cc3)ccc2-c2nc(-n3c4ccccc4c4cc5ccccc5cc43)nc(-c3ccc4c(c3)sc3ccccc34)c21. The first-order chi connectivity index (χ1) is 26.0. The zero-order valence-electron chi connectivity index (χ0n) is 29.1. The molecule has 0 spiro atoms. The minimum Gasteiger partial charge on any atom is -0.278 e. The van der Waals surface area contributed by atoms with Crippen LogP contribution >= 0.6 is 11.3 Å². The van der Waals surface area contributed by atoms with E-state index >= 15 is 0 Å². The molecule has 0 saturated heterocycles. The van der Waals surface area contributed by atoms with E-state index in [9.17, 15) is 5.26 Å². The average molecular weight is 695 g/mol. The van der Waals surface area contributed by atoms with Crippen molar-refractivity contribution < 1.29 is 0 Å². The number of fused-ring (bicyclic) bond motifs is 10. The lowest BCUT2D eigenvalue weighted by Crippen LogP contribution is -2.18. The van der Waals surface area contributed by atoms with E-state index in [1.807, 2.05) is 35.6 Å². The maximum atomic E-state index is 9.40. The van der Waals surface area contributed by atoms with E-state index in [1.54, 1.807) is 0 Å². The molecule has 10 aromatic rings. The van der Waals surface area contributed by atoms with Crippen molar-refractivity contribution >= 4 is 64.1 Å². The van der Waals surface area contributed by atoms with E-state index in [2.05, 4.69) is 146 Å². The molecule has 0 saturated carbocycles. The molecule has 3 aromatic heterocycles. The highest BCUT2D eigenvalue weighted by Crippen LogP contribution is 2.53. The number of para-hydroxylation sites is 1. The van der Waals surface area contributed by atoms with Gasteiger partial charge < -0.3 is 0 Å². The predicted octanol–water partition coefficient (Wildman–Crippen LogP) is 12.6. The highest BCUT2D eigenvalue weighted by atomic mass is 32.1. The largest absolute Gasteiger partial charge is 0.278 e. The van der Waals surface area contributed by atoms with E-state index in [4.69, 9.17) is 9.97 Å². The van der Waals surface area contributed by atoms with Gasteiger partial charge in [-0.25, -0.2) is 9.97 Å². The fourth-order valence-electron chi connectivity index (χ4n) is 8.61. The van der Waals surface area contributed by atoms with E-state index in [0.717, 1.165) is 50.2 Å². The molecule has 7 aromatic carbocycles. The molecule has 53 heavy (non-hydrogen) atoms. The van der Waals surface area contributed by atoms with Crippen molar-refractivity contribution in [2.75, 3.05) is 0 Å². The molecule has 5 heteroatoms. The summed E-state index contributed by atoms with van der Waals surface area (Å²) in [6, 6.07) is 54.0. The minimum absolute atomic E-state index is 0.382. The highest BCUT2D eigenvalue weighted by molar-refractivity contribution is 7.25. The van der Waals surface area contributed by atoms with Crippen LogP contribution in [0.5, 0.6) is 0 Å². The first kappa shape index (κ1) is 30.1. The lowest BCUT2D eigenvalue weighted by Gasteiger charge is -2.24. The normalized spacial score (nSPS) is 13.2. The Morgan fingerprint density at radius 2 is 1.25 bits per heavy atom. The van der Waals surface area contributed by atoms with Crippen LogP contribution in [0.2, 0.25) is 0 Å². The molecule has 0 bridgehead atoms. The third kappa shape index (κ3) is 4.34. The van der Waals surface area contributed by atoms with Crippen LogP contribution in [0, 0.1) is 11.3 Å². The van der Waals surface area contributed by atoms with Gasteiger partial charge in [-0.1, -0.05) is 111 Å². The monoisotopic (exact) mass is 694 g/mol. The molecular formula is C48H30N4S. The van der Waals surface area contributed by atoms with Gasteiger partial charge in [-0.05, 0) is 76.0 Å². The molecule has 11 rings (SSSR count). The molecule has 0 aliphatic heterocycles. The topological polar surface area (TPSA) is 54.5 Å². The third-order valence-electron chi connectivity index (χ3n) is 11.2. The Morgan fingerprint density at radius 1 is 0.566 bits per heavy atom. The van der Waals surface area contributed by atoms with Gasteiger partial charge >= 0.3 is 0 Å². The van der Waals surface area contributed by atoms with Gasteiger partial charge in [0.15, 0.2) is 0 Å². The highest BCUT2D eigenvalue weighted by Gasteiger charge is 2.41.